The Kier molecular flexibility index (Phi) is 3.90. The summed E-state index contributed by atoms with van der Waals surface area (Å²) in [4.78, 5) is 2.65. The number of methoxy groups -OCH3 is 3. The van der Waals surface area contributed by atoms with Gasteiger partial charge in [-0.05, 0) is 82.7 Å². The number of nitrogens with zero attached hydrogens (tertiary/aromatic N) is 1. The molecule has 27 heavy (non-hydrogen) atoms. The van der Waals surface area contributed by atoms with Gasteiger partial charge in [0.15, 0.2) is 11.5 Å². The first-order chi connectivity index (χ1) is 13.2. The van der Waals surface area contributed by atoms with Gasteiger partial charge in [-0.25, -0.2) is 0 Å². The summed E-state index contributed by atoms with van der Waals surface area (Å²) >= 11 is 0. The fraction of sp³-hybridized carbons (Fsp3) is 0.391. The van der Waals surface area contributed by atoms with Gasteiger partial charge in [-0.15, -0.1) is 0 Å². The minimum Gasteiger partial charge on any atom is -0.497 e. The van der Waals surface area contributed by atoms with Crippen LogP contribution in [0.3, 0.4) is 0 Å². The van der Waals surface area contributed by atoms with E-state index >= 15 is 0 Å². The van der Waals surface area contributed by atoms with Crippen molar-refractivity contribution in [2.24, 2.45) is 0 Å². The van der Waals surface area contributed by atoms with E-state index in [2.05, 4.69) is 29.2 Å². The Morgan fingerprint density at radius 2 is 1.56 bits per heavy atom. The molecule has 0 aliphatic carbocycles. The molecule has 3 aromatic rings. The highest BCUT2D eigenvalue weighted by molar-refractivity contribution is 6.12. The Morgan fingerprint density at radius 3 is 2.30 bits per heavy atom. The molecule has 4 nitrogen and oxygen atoms in total. The number of rotatable bonds is 3. The maximum atomic E-state index is 5.62. The van der Waals surface area contributed by atoms with E-state index in [0.717, 1.165) is 30.2 Å². The van der Waals surface area contributed by atoms with Crippen LogP contribution in [0, 0.1) is 0 Å². The number of ether oxygens (including phenoxy) is 3. The van der Waals surface area contributed by atoms with Gasteiger partial charge < -0.3 is 14.2 Å². The SMILES string of the molecule is COc1ccc2c(c1)c1c(c3cc(OC)c(OC)cc32)C[C@H]2CCCN2C1. The van der Waals surface area contributed by atoms with Crippen molar-refractivity contribution < 1.29 is 14.2 Å². The molecule has 2 aliphatic rings. The monoisotopic (exact) mass is 363 g/mol. The highest BCUT2D eigenvalue weighted by Crippen LogP contribution is 2.44. The largest absolute Gasteiger partial charge is 0.497 e. The molecule has 0 unspecified atom stereocenters. The molecule has 2 heterocycles. The molecular weight excluding hydrogens is 338 g/mol. The van der Waals surface area contributed by atoms with Crippen molar-refractivity contribution in [3.63, 3.8) is 0 Å². The predicted molar refractivity (Wildman–Crippen MR) is 108 cm³/mol. The lowest BCUT2D eigenvalue weighted by Gasteiger charge is -2.33. The molecule has 5 rings (SSSR count). The summed E-state index contributed by atoms with van der Waals surface area (Å²) < 4.78 is 16.7. The summed E-state index contributed by atoms with van der Waals surface area (Å²) in [6.07, 6.45) is 3.70. The molecule has 1 fully saturated rings. The van der Waals surface area contributed by atoms with Crippen LogP contribution in [0.1, 0.15) is 24.0 Å². The van der Waals surface area contributed by atoms with E-state index in [9.17, 15) is 0 Å². The van der Waals surface area contributed by atoms with Crippen molar-refractivity contribution in [1.29, 1.82) is 0 Å². The van der Waals surface area contributed by atoms with Gasteiger partial charge in [0.1, 0.15) is 5.75 Å². The van der Waals surface area contributed by atoms with Crippen LogP contribution in [-0.2, 0) is 13.0 Å². The van der Waals surface area contributed by atoms with E-state index in [1.54, 1.807) is 21.3 Å². The standard InChI is InChI=1S/C23H25NO3/c1-25-15-6-7-16-18(10-15)21-13-24-8-4-5-14(24)9-17(21)20-12-23(27-3)22(26-2)11-19(16)20/h6-7,10-12,14H,4-5,8-9,13H2,1-3H3/t14-/m1/s1. The molecule has 2 aliphatic heterocycles. The van der Waals surface area contributed by atoms with Crippen molar-refractivity contribution in [3.8, 4) is 17.2 Å². The normalized spacial score (nSPS) is 19.1. The van der Waals surface area contributed by atoms with Gasteiger partial charge in [0.05, 0.1) is 21.3 Å². The van der Waals surface area contributed by atoms with Crippen LogP contribution in [0.25, 0.3) is 21.5 Å². The van der Waals surface area contributed by atoms with Gasteiger partial charge in [-0.1, -0.05) is 6.07 Å². The molecule has 1 saturated heterocycles. The second kappa shape index (κ2) is 6.31. The van der Waals surface area contributed by atoms with Crippen molar-refractivity contribution in [2.45, 2.75) is 31.8 Å². The highest BCUT2D eigenvalue weighted by atomic mass is 16.5. The lowest BCUT2D eigenvalue weighted by Crippen LogP contribution is -2.35. The maximum absolute atomic E-state index is 5.62. The molecular formula is C23H25NO3. The summed E-state index contributed by atoms with van der Waals surface area (Å²) in [6, 6.07) is 11.4. The molecule has 4 heteroatoms. The Hall–Kier alpha value is -2.46. The van der Waals surface area contributed by atoms with Crippen LogP contribution in [0.4, 0.5) is 0 Å². The second-order valence-electron chi connectivity index (χ2n) is 7.59. The van der Waals surface area contributed by atoms with Gasteiger partial charge in [0.25, 0.3) is 0 Å². The molecule has 0 aromatic heterocycles. The van der Waals surface area contributed by atoms with E-state index in [-0.39, 0.29) is 0 Å². The van der Waals surface area contributed by atoms with Crippen LogP contribution in [0.15, 0.2) is 30.3 Å². The number of benzene rings is 3. The summed E-state index contributed by atoms with van der Waals surface area (Å²) in [7, 11) is 5.14. The molecule has 0 saturated carbocycles. The third-order valence-electron chi connectivity index (χ3n) is 6.36. The van der Waals surface area contributed by atoms with Crippen LogP contribution in [-0.4, -0.2) is 38.8 Å². The number of fused-ring (bicyclic) bond motifs is 7. The Balaban J connectivity index is 1.88. The van der Waals surface area contributed by atoms with Crippen LogP contribution in [0.2, 0.25) is 0 Å². The van der Waals surface area contributed by atoms with Gasteiger partial charge in [-0.3, -0.25) is 4.90 Å². The average molecular weight is 363 g/mol. The first-order valence-electron chi connectivity index (χ1n) is 9.64. The zero-order valence-corrected chi connectivity index (χ0v) is 16.2. The van der Waals surface area contributed by atoms with E-state index in [1.165, 1.54) is 52.1 Å². The molecule has 1 atom stereocenters. The van der Waals surface area contributed by atoms with Crippen molar-refractivity contribution in [3.05, 3.63) is 41.5 Å². The third kappa shape index (κ3) is 2.47. The fourth-order valence-electron chi connectivity index (χ4n) is 5.00. The van der Waals surface area contributed by atoms with Crippen molar-refractivity contribution in [1.82, 2.24) is 4.90 Å². The van der Waals surface area contributed by atoms with Crippen molar-refractivity contribution >= 4 is 21.5 Å². The Bertz CT molecular complexity index is 1040. The first kappa shape index (κ1) is 16.7. The number of hydrogen-bond donors (Lipinski definition) is 0. The van der Waals surface area contributed by atoms with Crippen LogP contribution in [0.5, 0.6) is 17.2 Å². The summed E-state index contributed by atoms with van der Waals surface area (Å²) in [5, 5.41) is 5.08. The van der Waals surface area contributed by atoms with Gasteiger partial charge in [-0.2, -0.15) is 0 Å². The summed E-state index contributed by atoms with van der Waals surface area (Å²) in [6.45, 7) is 2.23. The Morgan fingerprint density at radius 1 is 0.815 bits per heavy atom. The minimum atomic E-state index is 0.664. The number of hydrogen-bond acceptors (Lipinski definition) is 4. The van der Waals surface area contributed by atoms with Gasteiger partial charge in [0.2, 0.25) is 0 Å². The summed E-state index contributed by atoms with van der Waals surface area (Å²) in [5.74, 6) is 2.49. The Labute approximate surface area is 159 Å². The maximum Gasteiger partial charge on any atom is 0.161 e. The smallest absolute Gasteiger partial charge is 0.161 e. The molecule has 0 spiro atoms. The van der Waals surface area contributed by atoms with Crippen LogP contribution >= 0.6 is 0 Å². The third-order valence-corrected chi connectivity index (χ3v) is 6.36. The predicted octanol–water partition coefficient (Wildman–Crippen LogP) is 4.54. The van der Waals surface area contributed by atoms with E-state index in [0.29, 0.717) is 6.04 Å². The molecule has 0 amide bonds. The van der Waals surface area contributed by atoms with E-state index < -0.39 is 0 Å². The highest BCUT2D eigenvalue weighted by Gasteiger charge is 2.32. The molecule has 0 N–H and O–H groups in total. The first-order valence-corrected chi connectivity index (χ1v) is 9.64. The molecule has 140 valence electrons. The zero-order valence-electron chi connectivity index (χ0n) is 16.2. The topological polar surface area (TPSA) is 30.9 Å². The van der Waals surface area contributed by atoms with Gasteiger partial charge >= 0.3 is 0 Å². The lowest BCUT2D eigenvalue weighted by molar-refractivity contribution is 0.229. The van der Waals surface area contributed by atoms with E-state index in [1.807, 2.05) is 6.07 Å². The van der Waals surface area contributed by atoms with Crippen LogP contribution < -0.4 is 14.2 Å². The van der Waals surface area contributed by atoms with Gasteiger partial charge in [0, 0.05) is 12.6 Å². The molecule has 0 bridgehead atoms. The van der Waals surface area contributed by atoms with E-state index in [4.69, 9.17) is 14.2 Å². The lowest BCUT2D eigenvalue weighted by atomic mass is 9.85. The zero-order chi connectivity index (χ0) is 18.5. The quantitative estimate of drug-likeness (QED) is 0.639. The molecule has 0 radical (unpaired) electrons. The van der Waals surface area contributed by atoms with Crippen molar-refractivity contribution in [2.75, 3.05) is 27.9 Å². The fourth-order valence-corrected chi connectivity index (χ4v) is 5.00. The second-order valence-corrected chi connectivity index (χ2v) is 7.59. The summed E-state index contributed by atoms with van der Waals surface area (Å²) in [5.41, 5.74) is 2.91. The average Bonchev–Trinajstić information content (AvgIpc) is 3.18. The molecule has 3 aromatic carbocycles. The minimum absolute atomic E-state index is 0.664.